The van der Waals surface area contributed by atoms with Crippen LogP contribution < -0.4 is 5.73 Å². The third kappa shape index (κ3) is 3.84. The van der Waals surface area contributed by atoms with E-state index in [2.05, 4.69) is 10.1 Å². The predicted octanol–water partition coefficient (Wildman–Crippen LogP) is 3.04. The van der Waals surface area contributed by atoms with Crippen LogP contribution in [-0.2, 0) is 16.2 Å². The maximum absolute atomic E-state index is 11.1. The minimum absolute atomic E-state index is 0.0606. The first-order chi connectivity index (χ1) is 9.99. The van der Waals surface area contributed by atoms with Gasteiger partial charge in [0.15, 0.2) is 5.13 Å². The zero-order valence-corrected chi connectivity index (χ0v) is 12.7. The van der Waals surface area contributed by atoms with E-state index in [1.807, 2.05) is 0 Å². The number of aromatic nitrogens is 1. The summed E-state index contributed by atoms with van der Waals surface area (Å²) in [7, 11) is 0. The first-order valence-corrected chi connectivity index (χ1v) is 7.20. The number of anilines is 1. The van der Waals surface area contributed by atoms with Crippen molar-refractivity contribution in [3.05, 3.63) is 44.9 Å². The number of thiazole rings is 1. The van der Waals surface area contributed by atoms with Gasteiger partial charge >= 0.3 is 5.97 Å². The van der Waals surface area contributed by atoms with Crippen molar-refractivity contribution >= 4 is 51.4 Å². The normalized spacial score (nSPS) is 11.4. The summed E-state index contributed by atoms with van der Waals surface area (Å²) >= 11 is 13.1. The lowest BCUT2D eigenvalue weighted by atomic mass is 10.2. The van der Waals surface area contributed by atoms with E-state index < -0.39 is 5.97 Å². The summed E-state index contributed by atoms with van der Waals surface area (Å²) in [4.78, 5) is 20.0. The Labute approximate surface area is 133 Å². The maximum Gasteiger partial charge on any atom is 0.360 e. The smallest absolute Gasteiger partial charge is 0.360 e. The van der Waals surface area contributed by atoms with Crippen molar-refractivity contribution in [2.24, 2.45) is 5.16 Å². The fourth-order valence-corrected chi connectivity index (χ4v) is 2.48. The van der Waals surface area contributed by atoms with Crippen molar-refractivity contribution < 1.29 is 14.7 Å². The molecular formula is C12H9Cl2N3O3S. The highest BCUT2D eigenvalue weighted by Crippen LogP contribution is 2.25. The molecule has 0 fully saturated rings. The second-order valence-corrected chi connectivity index (χ2v) is 5.49. The lowest BCUT2D eigenvalue weighted by Crippen LogP contribution is -2.15. The zero-order chi connectivity index (χ0) is 15.4. The van der Waals surface area contributed by atoms with Gasteiger partial charge in [-0.1, -0.05) is 34.4 Å². The summed E-state index contributed by atoms with van der Waals surface area (Å²) in [5.41, 5.74) is 5.77. The first-order valence-electron chi connectivity index (χ1n) is 5.56. The van der Waals surface area contributed by atoms with Crippen LogP contribution in [0.4, 0.5) is 5.13 Å². The van der Waals surface area contributed by atoms with Crippen LogP contribution in [0.15, 0.2) is 28.7 Å². The molecule has 0 atom stereocenters. The molecule has 0 saturated heterocycles. The topological polar surface area (TPSA) is 97.8 Å². The number of carboxylic acid groups (broad SMARTS) is 1. The fourth-order valence-electron chi connectivity index (χ4n) is 1.42. The molecule has 0 saturated carbocycles. The van der Waals surface area contributed by atoms with Crippen LogP contribution >= 0.6 is 34.5 Å². The Morgan fingerprint density at radius 2 is 2.10 bits per heavy atom. The van der Waals surface area contributed by atoms with Gasteiger partial charge < -0.3 is 15.7 Å². The number of nitrogens with zero attached hydrogens (tertiary/aromatic N) is 2. The molecule has 0 unspecified atom stereocenters. The molecule has 2 aromatic rings. The van der Waals surface area contributed by atoms with E-state index in [1.165, 1.54) is 5.38 Å². The van der Waals surface area contributed by atoms with Gasteiger partial charge in [0.05, 0.1) is 0 Å². The number of benzene rings is 1. The van der Waals surface area contributed by atoms with Crippen LogP contribution in [0.25, 0.3) is 0 Å². The van der Waals surface area contributed by atoms with Crippen LogP contribution in [0, 0.1) is 0 Å². The molecule has 0 aliphatic rings. The number of halogens is 2. The molecule has 0 bridgehead atoms. The Hall–Kier alpha value is -1.83. The first kappa shape index (κ1) is 15.6. The SMILES string of the molecule is Nc1nc(/C(=N\OCc2c(Cl)cccc2Cl)C(=O)O)cs1. The van der Waals surface area contributed by atoms with Crippen LogP contribution in [-0.4, -0.2) is 21.8 Å². The monoisotopic (exact) mass is 345 g/mol. The molecule has 6 nitrogen and oxygen atoms in total. The van der Waals surface area contributed by atoms with Gasteiger partial charge in [0, 0.05) is 21.0 Å². The van der Waals surface area contributed by atoms with E-state index in [0.29, 0.717) is 15.6 Å². The van der Waals surface area contributed by atoms with Crippen LogP contribution in [0.5, 0.6) is 0 Å². The van der Waals surface area contributed by atoms with E-state index in [4.69, 9.17) is 38.9 Å². The van der Waals surface area contributed by atoms with E-state index in [0.717, 1.165) is 11.3 Å². The van der Waals surface area contributed by atoms with Crippen molar-refractivity contribution in [3.8, 4) is 0 Å². The van der Waals surface area contributed by atoms with Gasteiger partial charge in [-0.2, -0.15) is 0 Å². The quantitative estimate of drug-likeness (QED) is 0.641. The fraction of sp³-hybridized carbons (Fsp3) is 0.0833. The third-order valence-corrected chi connectivity index (χ3v) is 3.78. The Morgan fingerprint density at radius 1 is 1.43 bits per heavy atom. The number of nitrogens with two attached hydrogens (primary N) is 1. The van der Waals surface area contributed by atoms with Crippen molar-refractivity contribution in [1.29, 1.82) is 0 Å². The summed E-state index contributed by atoms with van der Waals surface area (Å²) in [6, 6.07) is 4.99. The van der Waals surface area contributed by atoms with E-state index in [1.54, 1.807) is 18.2 Å². The maximum atomic E-state index is 11.1. The molecule has 9 heteroatoms. The molecule has 1 heterocycles. The Balaban J connectivity index is 2.16. The Kier molecular flexibility index (Phi) is 5.00. The van der Waals surface area contributed by atoms with Crippen molar-refractivity contribution in [3.63, 3.8) is 0 Å². The number of oxime groups is 1. The minimum Gasteiger partial charge on any atom is -0.476 e. The number of carboxylic acids is 1. The van der Waals surface area contributed by atoms with Crippen molar-refractivity contribution in [1.82, 2.24) is 4.98 Å². The molecule has 0 radical (unpaired) electrons. The lowest BCUT2D eigenvalue weighted by Gasteiger charge is -2.05. The van der Waals surface area contributed by atoms with Crippen molar-refractivity contribution in [2.45, 2.75) is 6.61 Å². The highest BCUT2D eigenvalue weighted by Gasteiger charge is 2.17. The molecule has 0 spiro atoms. The van der Waals surface area contributed by atoms with Gasteiger partial charge in [-0.3, -0.25) is 0 Å². The summed E-state index contributed by atoms with van der Waals surface area (Å²) in [6.07, 6.45) is 0. The standard InChI is InChI=1S/C12H9Cl2N3O3S/c13-7-2-1-3-8(14)6(7)4-20-17-10(11(18)19)9-5-21-12(15)16-9/h1-3,5H,4H2,(H2,15,16)(H,18,19)/b17-10+. The molecule has 2 rings (SSSR count). The Bertz CT molecular complexity index is 683. The summed E-state index contributed by atoms with van der Waals surface area (Å²) in [5, 5.41) is 15.2. The van der Waals surface area contributed by atoms with Gasteiger partial charge in [-0.15, -0.1) is 11.3 Å². The molecule has 3 N–H and O–H groups in total. The molecule has 0 aliphatic carbocycles. The van der Waals surface area contributed by atoms with Gasteiger partial charge in [-0.05, 0) is 12.1 Å². The molecule has 1 aromatic carbocycles. The second kappa shape index (κ2) is 6.75. The van der Waals surface area contributed by atoms with Crippen molar-refractivity contribution in [2.75, 3.05) is 5.73 Å². The lowest BCUT2D eigenvalue weighted by molar-refractivity contribution is -0.129. The number of hydrogen-bond donors (Lipinski definition) is 2. The van der Waals surface area contributed by atoms with Crippen LogP contribution in [0.1, 0.15) is 11.3 Å². The highest BCUT2D eigenvalue weighted by atomic mass is 35.5. The number of nitrogen functional groups attached to an aromatic ring is 1. The van der Waals surface area contributed by atoms with Crippen LogP contribution in [0.2, 0.25) is 10.0 Å². The summed E-state index contributed by atoms with van der Waals surface area (Å²) in [6.45, 7) is -0.0606. The highest BCUT2D eigenvalue weighted by molar-refractivity contribution is 7.13. The predicted molar refractivity (Wildman–Crippen MR) is 82.0 cm³/mol. The summed E-state index contributed by atoms with van der Waals surface area (Å²) < 4.78 is 0. The molecule has 0 amide bonds. The average Bonchev–Trinajstić information content (AvgIpc) is 2.83. The largest absolute Gasteiger partial charge is 0.476 e. The van der Waals surface area contributed by atoms with E-state index >= 15 is 0 Å². The summed E-state index contributed by atoms with van der Waals surface area (Å²) in [5.74, 6) is -1.27. The van der Waals surface area contributed by atoms with Gasteiger partial charge in [0.25, 0.3) is 0 Å². The minimum atomic E-state index is -1.27. The molecule has 21 heavy (non-hydrogen) atoms. The molecule has 0 aliphatic heterocycles. The van der Waals surface area contributed by atoms with E-state index in [9.17, 15) is 4.79 Å². The van der Waals surface area contributed by atoms with Gasteiger partial charge in [0.2, 0.25) is 5.71 Å². The number of carbonyl (C=O) groups is 1. The third-order valence-electron chi connectivity index (χ3n) is 2.39. The molecule has 110 valence electrons. The number of rotatable bonds is 5. The van der Waals surface area contributed by atoms with Crippen LogP contribution in [0.3, 0.4) is 0 Å². The van der Waals surface area contributed by atoms with Gasteiger partial charge in [-0.25, -0.2) is 9.78 Å². The molecular weight excluding hydrogens is 337 g/mol. The van der Waals surface area contributed by atoms with Gasteiger partial charge in [0.1, 0.15) is 12.3 Å². The average molecular weight is 346 g/mol. The molecule has 1 aromatic heterocycles. The number of hydrogen-bond acceptors (Lipinski definition) is 6. The Morgan fingerprint density at radius 3 is 2.62 bits per heavy atom. The number of aliphatic carboxylic acids is 1. The van der Waals surface area contributed by atoms with E-state index in [-0.39, 0.29) is 23.1 Å². The zero-order valence-electron chi connectivity index (χ0n) is 10.4. The second-order valence-electron chi connectivity index (χ2n) is 3.79.